The van der Waals surface area contributed by atoms with Gasteiger partial charge in [-0.05, 0) is 72.5 Å². The molecule has 0 bridgehead atoms. The molecule has 0 unspecified atom stereocenters. The first-order valence-corrected chi connectivity index (χ1v) is 8.98. The highest BCUT2D eigenvalue weighted by atomic mass is 79.9. The monoisotopic (exact) mass is 401 g/mol. The van der Waals surface area contributed by atoms with E-state index in [0.29, 0.717) is 16.1 Å². The highest BCUT2D eigenvalue weighted by molar-refractivity contribution is 9.10. The molecule has 3 rings (SSSR count). The summed E-state index contributed by atoms with van der Waals surface area (Å²) in [6.07, 6.45) is 5.66. The molecule has 1 aromatic carbocycles. The van der Waals surface area contributed by atoms with E-state index in [4.69, 9.17) is 0 Å². The first kappa shape index (κ1) is 17.5. The summed E-state index contributed by atoms with van der Waals surface area (Å²) < 4.78 is 3.00. The molecule has 0 saturated heterocycles. The summed E-state index contributed by atoms with van der Waals surface area (Å²) in [6.45, 7) is 4.15. The minimum Gasteiger partial charge on any atom is -0.346 e. The van der Waals surface area contributed by atoms with E-state index in [0.717, 1.165) is 5.56 Å². The van der Waals surface area contributed by atoms with Crippen LogP contribution in [0.2, 0.25) is 0 Å². The molecule has 25 heavy (non-hydrogen) atoms. The molecule has 5 nitrogen and oxygen atoms in total. The van der Waals surface area contributed by atoms with E-state index in [1.54, 1.807) is 24.3 Å². The lowest BCUT2D eigenvalue weighted by atomic mass is 10.2. The van der Waals surface area contributed by atoms with Crippen LogP contribution in [0.4, 0.5) is 0 Å². The Morgan fingerprint density at radius 2 is 1.92 bits per heavy atom. The maximum atomic E-state index is 12.0. The van der Waals surface area contributed by atoms with Crippen molar-refractivity contribution in [1.29, 1.82) is 0 Å². The molecular formula is C19H20BrN3O2. The fourth-order valence-electron chi connectivity index (χ4n) is 2.90. The van der Waals surface area contributed by atoms with Gasteiger partial charge in [0, 0.05) is 28.0 Å². The third kappa shape index (κ3) is 4.02. The smallest absolute Gasteiger partial charge is 0.270 e. The molecule has 1 heterocycles. The summed E-state index contributed by atoms with van der Waals surface area (Å²) in [5.41, 5.74) is 8.67. The van der Waals surface area contributed by atoms with Crippen LogP contribution in [0.1, 0.15) is 46.2 Å². The summed E-state index contributed by atoms with van der Waals surface area (Å²) >= 11 is 3.31. The number of aromatic nitrogens is 1. The van der Waals surface area contributed by atoms with Crippen molar-refractivity contribution in [3.63, 3.8) is 0 Å². The highest BCUT2D eigenvalue weighted by Gasteiger charge is 2.26. The third-order valence-electron chi connectivity index (χ3n) is 4.27. The van der Waals surface area contributed by atoms with Gasteiger partial charge in [0.15, 0.2) is 0 Å². The fourth-order valence-corrected chi connectivity index (χ4v) is 3.37. The maximum Gasteiger partial charge on any atom is 0.270 e. The van der Waals surface area contributed by atoms with E-state index in [2.05, 4.69) is 51.3 Å². The second kappa shape index (κ2) is 7.27. The minimum atomic E-state index is -0.378. The highest BCUT2D eigenvalue weighted by Crippen LogP contribution is 2.38. The van der Waals surface area contributed by atoms with E-state index in [9.17, 15) is 9.59 Å². The summed E-state index contributed by atoms with van der Waals surface area (Å²) in [4.78, 5) is 24.0. The van der Waals surface area contributed by atoms with Crippen LogP contribution in [0.15, 0.2) is 40.9 Å². The van der Waals surface area contributed by atoms with Crippen LogP contribution in [-0.2, 0) is 4.79 Å². The van der Waals surface area contributed by atoms with Crippen molar-refractivity contribution in [2.24, 2.45) is 0 Å². The molecule has 2 amide bonds. The van der Waals surface area contributed by atoms with Crippen molar-refractivity contribution in [1.82, 2.24) is 15.4 Å². The lowest BCUT2D eigenvalue weighted by Crippen LogP contribution is -2.40. The normalized spacial score (nSPS) is 13.9. The van der Waals surface area contributed by atoms with Gasteiger partial charge < -0.3 is 4.57 Å². The molecule has 0 radical (unpaired) electrons. The second-order valence-corrected chi connectivity index (χ2v) is 7.04. The number of hydrogen-bond donors (Lipinski definition) is 2. The van der Waals surface area contributed by atoms with Gasteiger partial charge in [-0.1, -0.05) is 12.1 Å². The average molecular weight is 402 g/mol. The van der Waals surface area contributed by atoms with E-state index in [1.165, 1.54) is 30.3 Å². The maximum absolute atomic E-state index is 12.0. The molecule has 1 fully saturated rings. The number of carbonyl (C=O) groups is 2. The summed E-state index contributed by atoms with van der Waals surface area (Å²) in [7, 11) is 0. The largest absolute Gasteiger partial charge is 0.346 e. The van der Waals surface area contributed by atoms with Crippen molar-refractivity contribution in [2.45, 2.75) is 32.7 Å². The number of hydrogen-bond acceptors (Lipinski definition) is 2. The fraction of sp³-hybridized carbons (Fsp3) is 0.263. The molecule has 1 saturated carbocycles. The van der Waals surface area contributed by atoms with Gasteiger partial charge in [0.05, 0.1) is 5.56 Å². The van der Waals surface area contributed by atoms with E-state index in [1.807, 2.05) is 6.07 Å². The number of rotatable bonds is 4. The van der Waals surface area contributed by atoms with E-state index < -0.39 is 0 Å². The molecule has 2 aromatic rings. The van der Waals surface area contributed by atoms with Crippen LogP contribution in [0.25, 0.3) is 6.08 Å². The molecule has 1 aliphatic rings. The second-order valence-electron chi connectivity index (χ2n) is 6.18. The van der Waals surface area contributed by atoms with Crippen molar-refractivity contribution in [3.8, 4) is 0 Å². The molecule has 0 atom stereocenters. The Labute approximate surface area is 155 Å². The lowest BCUT2D eigenvalue weighted by Gasteiger charge is -2.07. The Kier molecular flexibility index (Phi) is 5.08. The zero-order valence-electron chi connectivity index (χ0n) is 14.2. The van der Waals surface area contributed by atoms with Crippen molar-refractivity contribution < 1.29 is 9.59 Å². The number of aryl methyl sites for hydroxylation is 1. The number of nitrogens with zero attached hydrogens (tertiary/aromatic N) is 1. The lowest BCUT2D eigenvalue weighted by molar-refractivity contribution is -0.117. The molecule has 0 aliphatic heterocycles. The van der Waals surface area contributed by atoms with Gasteiger partial charge >= 0.3 is 0 Å². The van der Waals surface area contributed by atoms with Gasteiger partial charge in [-0.15, -0.1) is 0 Å². The number of carbonyl (C=O) groups excluding carboxylic acids is 2. The molecule has 0 spiro atoms. The van der Waals surface area contributed by atoms with Gasteiger partial charge in [-0.2, -0.15) is 0 Å². The van der Waals surface area contributed by atoms with Crippen molar-refractivity contribution >= 4 is 33.8 Å². The third-order valence-corrected chi connectivity index (χ3v) is 4.96. The van der Waals surface area contributed by atoms with Gasteiger partial charge in [0.1, 0.15) is 0 Å². The predicted octanol–water partition coefficient (Wildman–Crippen LogP) is 3.68. The van der Waals surface area contributed by atoms with Gasteiger partial charge in [0.25, 0.3) is 11.8 Å². The predicted molar refractivity (Wildman–Crippen MR) is 101 cm³/mol. The Hall–Kier alpha value is -2.34. The quantitative estimate of drug-likeness (QED) is 0.606. The SMILES string of the molecule is Cc1cc(/C=C/C(=O)NNC(=O)c2ccccc2Br)c(C)n1C1CC1. The topological polar surface area (TPSA) is 63.1 Å². The summed E-state index contributed by atoms with van der Waals surface area (Å²) in [5.74, 6) is -0.752. The average Bonchev–Trinajstić information content (AvgIpc) is 3.37. The van der Waals surface area contributed by atoms with Crippen LogP contribution in [0.3, 0.4) is 0 Å². The van der Waals surface area contributed by atoms with E-state index in [-0.39, 0.29) is 11.8 Å². The van der Waals surface area contributed by atoms with Crippen molar-refractivity contribution in [2.75, 3.05) is 0 Å². The molecule has 1 aliphatic carbocycles. The van der Waals surface area contributed by atoms with Crippen LogP contribution in [0, 0.1) is 13.8 Å². The zero-order chi connectivity index (χ0) is 18.0. The molecular weight excluding hydrogens is 382 g/mol. The number of hydrazine groups is 1. The number of halogens is 1. The summed E-state index contributed by atoms with van der Waals surface area (Å²) in [6, 6.07) is 9.72. The van der Waals surface area contributed by atoms with Crippen LogP contribution in [-0.4, -0.2) is 16.4 Å². The number of benzene rings is 1. The number of amides is 2. The molecule has 2 N–H and O–H groups in total. The minimum absolute atomic E-state index is 0.374. The molecule has 130 valence electrons. The van der Waals surface area contributed by atoms with E-state index >= 15 is 0 Å². The van der Waals surface area contributed by atoms with Crippen LogP contribution in [0.5, 0.6) is 0 Å². The Balaban J connectivity index is 1.59. The van der Waals surface area contributed by atoms with Gasteiger partial charge in [-0.25, -0.2) is 0 Å². The number of nitrogens with one attached hydrogen (secondary N) is 2. The Morgan fingerprint density at radius 3 is 2.60 bits per heavy atom. The van der Waals surface area contributed by atoms with Gasteiger partial charge in [-0.3, -0.25) is 20.4 Å². The molecule has 1 aromatic heterocycles. The van der Waals surface area contributed by atoms with Crippen LogP contribution < -0.4 is 10.9 Å². The first-order chi connectivity index (χ1) is 12.0. The molecule has 6 heteroatoms. The Morgan fingerprint density at radius 1 is 1.20 bits per heavy atom. The Bertz CT molecular complexity index is 850. The standard InChI is InChI=1S/C19H20BrN3O2/c1-12-11-14(13(2)23(12)15-8-9-15)7-10-18(24)21-22-19(25)16-5-3-4-6-17(16)20/h3-7,10-11,15H,8-9H2,1-2H3,(H,21,24)(H,22,25)/b10-7+. The van der Waals surface area contributed by atoms with Crippen molar-refractivity contribution in [3.05, 3.63) is 63.4 Å². The zero-order valence-corrected chi connectivity index (χ0v) is 15.8. The van der Waals surface area contributed by atoms with Crippen LogP contribution >= 0.6 is 15.9 Å². The first-order valence-electron chi connectivity index (χ1n) is 8.18. The summed E-state index contributed by atoms with van der Waals surface area (Å²) in [5, 5.41) is 0. The van der Waals surface area contributed by atoms with Gasteiger partial charge in [0.2, 0.25) is 0 Å².